The molecule has 11 aromatic rings. The van der Waals surface area contributed by atoms with Crippen LogP contribution in [0.15, 0.2) is 151 Å². The molecule has 0 radical (unpaired) electrons. The minimum atomic E-state index is -1.55. The highest BCUT2D eigenvalue weighted by molar-refractivity contribution is 9.10. The van der Waals surface area contributed by atoms with Crippen LogP contribution in [0.3, 0.4) is 0 Å². The number of imidazole rings is 3. The Morgan fingerprint density at radius 3 is 1.36 bits per heavy atom. The summed E-state index contributed by atoms with van der Waals surface area (Å²) in [7, 11) is -1.55. The molecule has 11 aromatic heterocycles. The SMILES string of the molecule is Cc1ccc(B(O)O)c(Cl)n1.Cc1cccc(C)n1.[C-]#[N+]c1cnc2ccc(-c3ccc(C)nc3-c3cccc(C)n3)cn12.[C-]#[N+]c1cnc2ccc(-c3ccc(C)nc3Cl)cn12.[C-]#[N+]c1cnc2ccc(Br)cn12. The fraction of sp³-hybridized carbons (Fsp3) is 0.109. The molecule has 0 amide bonds. The van der Waals surface area contributed by atoms with Crippen molar-refractivity contribution in [2.75, 3.05) is 0 Å². The molecule has 0 aliphatic heterocycles. The van der Waals surface area contributed by atoms with E-state index in [4.69, 9.17) is 58.0 Å². The first-order chi connectivity index (χ1) is 36.0. The molecule has 0 spiro atoms. The summed E-state index contributed by atoms with van der Waals surface area (Å²) in [6, 6.07) is 34.5. The molecule has 16 nitrogen and oxygen atoms in total. The first kappa shape index (κ1) is 54.1. The summed E-state index contributed by atoms with van der Waals surface area (Å²) < 4.78 is 6.24. The van der Waals surface area contributed by atoms with Gasteiger partial charge in [-0.25, -0.2) is 38.1 Å². The highest BCUT2D eigenvalue weighted by Crippen LogP contribution is 2.32. The first-order valence-corrected chi connectivity index (χ1v) is 24.2. The number of aromatic nitrogens is 11. The van der Waals surface area contributed by atoms with Gasteiger partial charge in [0.05, 0.1) is 53.0 Å². The number of hydrogen-bond donors (Lipinski definition) is 2. The summed E-state index contributed by atoms with van der Waals surface area (Å²) in [4.78, 5) is 44.4. The maximum absolute atomic E-state index is 8.73. The maximum atomic E-state index is 8.73. The van der Waals surface area contributed by atoms with Crippen molar-refractivity contribution in [2.45, 2.75) is 41.5 Å². The molecule has 2 N–H and O–H groups in total. The van der Waals surface area contributed by atoms with Crippen molar-refractivity contribution in [3.8, 4) is 33.6 Å². The summed E-state index contributed by atoms with van der Waals surface area (Å²) in [6.07, 6.45) is 10.3. The second-order valence-corrected chi connectivity index (χ2v) is 18.1. The minimum Gasteiger partial charge on any atom is -0.423 e. The van der Waals surface area contributed by atoms with Gasteiger partial charge in [-0.15, -0.1) is 0 Å². The van der Waals surface area contributed by atoms with Gasteiger partial charge in [0.2, 0.25) is 16.9 Å². The molecule has 0 saturated carbocycles. The third-order valence-electron chi connectivity index (χ3n) is 10.9. The number of fused-ring (bicyclic) bond motifs is 3. The lowest BCUT2D eigenvalue weighted by Crippen LogP contribution is -2.31. The third-order valence-corrected chi connectivity index (χ3v) is 11.9. The second-order valence-electron chi connectivity index (χ2n) is 16.5. The maximum Gasteiger partial charge on any atom is 0.491 e. The molecule has 0 unspecified atom stereocenters. The summed E-state index contributed by atoms with van der Waals surface area (Å²) >= 11 is 15.1. The zero-order valence-corrected chi connectivity index (χ0v) is 44.3. The van der Waals surface area contributed by atoms with Crippen LogP contribution in [0.5, 0.6) is 0 Å². The molecule has 0 aromatic carbocycles. The van der Waals surface area contributed by atoms with E-state index in [1.54, 1.807) is 44.8 Å². The largest absolute Gasteiger partial charge is 0.491 e. The van der Waals surface area contributed by atoms with Crippen LogP contribution in [0, 0.1) is 61.3 Å². The van der Waals surface area contributed by atoms with E-state index in [9.17, 15) is 0 Å². The van der Waals surface area contributed by atoms with Crippen LogP contribution in [-0.2, 0) is 0 Å². The molecule has 20 heteroatoms. The fourth-order valence-corrected chi connectivity index (χ4v) is 8.19. The van der Waals surface area contributed by atoms with Gasteiger partial charge in [-0.05, 0) is 124 Å². The highest BCUT2D eigenvalue weighted by atomic mass is 79.9. The van der Waals surface area contributed by atoms with Crippen LogP contribution < -0.4 is 5.46 Å². The Morgan fingerprint density at radius 2 is 0.893 bits per heavy atom. The van der Waals surface area contributed by atoms with Gasteiger partial charge < -0.3 is 24.6 Å². The Bertz CT molecular complexity index is 3950. The molecule has 0 atom stereocenters. The van der Waals surface area contributed by atoms with Crippen LogP contribution in [-0.4, -0.2) is 70.2 Å². The van der Waals surface area contributed by atoms with Gasteiger partial charge in [0.15, 0.2) is 0 Å². The van der Waals surface area contributed by atoms with Crippen molar-refractivity contribution in [1.82, 2.24) is 53.1 Å². The molecule has 11 rings (SSSR count). The smallest absolute Gasteiger partial charge is 0.423 e. The van der Waals surface area contributed by atoms with Crippen molar-refractivity contribution < 1.29 is 10.0 Å². The Morgan fingerprint density at radius 1 is 0.467 bits per heavy atom. The molecule has 75 heavy (non-hydrogen) atoms. The van der Waals surface area contributed by atoms with Crippen molar-refractivity contribution in [3.63, 3.8) is 0 Å². The van der Waals surface area contributed by atoms with E-state index in [1.807, 2.05) is 144 Å². The van der Waals surface area contributed by atoms with E-state index in [0.29, 0.717) is 22.6 Å². The van der Waals surface area contributed by atoms with Gasteiger partial charge in [0.1, 0.15) is 10.3 Å². The van der Waals surface area contributed by atoms with E-state index in [-0.39, 0.29) is 10.6 Å². The number of nitrogens with zero attached hydrogens (tertiary/aromatic N) is 14. The number of aryl methyl sites for hydroxylation is 6. The van der Waals surface area contributed by atoms with Gasteiger partial charge >= 0.3 is 7.12 Å². The molecule has 0 saturated heterocycles. The molecule has 0 fully saturated rings. The van der Waals surface area contributed by atoms with Gasteiger partial charge in [-0.2, -0.15) is 0 Å². The van der Waals surface area contributed by atoms with Crippen molar-refractivity contribution in [3.05, 3.63) is 230 Å². The third kappa shape index (κ3) is 13.7. The fourth-order valence-electron chi connectivity index (χ4n) is 7.25. The number of halogens is 3. The highest BCUT2D eigenvalue weighted by Gasteiger charge is 2.17. The molecule has 370 valence electrons. The first-order valence-electron chi connectivity index (χ1n) is 22.7. The molecule has 0 aliphatic rings. The lowest BCUT2D eigenvalue weighted by molar-refractivity contribution is 0.425. The molecule has 0 bridgehead atoms. The average Bonchev–Trinajstić information content (AvgIpc) is 4.13. The van der Waals surface area contributed by atoms with Crippen LogP contribution in [0.2, 0.25) is 10.3 Å². The van der Waals surface area contributed by atoms with Crippen LogP contribution in [0.1, 0.15) is 34.2 Å². The van der Waals surface area contributed by atoms with E-state index in [1.165, 1.54) is 6.07 Å². The van der Waals surface area contributed by atoms with Crippen LogP contribution in [0.4, 0.5) is 17.5 Å². The van der Waals surface area contributed by atoms with Gasteiger partial charge in [0.25, 0.3) is 17.5 Å². The summed E-state index contributed by atoms with van der Waals surface area (Å²) in [5.74, 6) is 1.51. The average molecular weight is 1090 g/mol. The number of hydrogen-bond acceptors (Lipinski definition) is 10. The minimum absolute atomic E-state index is 0.139. The van der Waals surface area contributed by atoms with E-state index < -0.39 is 7.12 Å². The van der Waals surface area contributed by atoms with Crippen molar-refractivity contribution in [1.29, 1.82) is 0 Å². The molecule has 0 aliphatic carbocycles. The topological polar surface area (TPSA) is 170 Å². The van der Waals surface area contributed by atoms with Crippen molar-refractivity contribution >= 4 is 86.1 Å². The van der Waals surface area contributed by atoms with Gasteiger partial charge in [0, 0.05) is 80.1 Å². The predicted molar refractivity (Wildman–Crippen MR) is 298 cm³/mol. The summed E-state index contributed by atoms with van der Waals surface area (Å²) in [6.45, 7) is 32.9. The molecular formula is C55H44BBrCl2N14O2. The van der Waals surface area contributed by atoms with E-state index in [0.717, 1.165) is 89.2 Å². The monoisotopic (exact) mass is 1090 g/mol. The predicted octanol–water partition coefficient (Wildman–Crippen LogP) is 12.6. The molecule has 11 heterocycles. The van der Waals surface area contributed by atoms with E-state index >= 15 is 0 Å². The zero-order valence-electron chi connectivity index (χ0n) is 41.2. The standard InChI is InChI=1S/C20H15N5.C14H9ClN4.C8H4BrN3.C7H9N.C6H7BClNO2/c1-13-5-4-6-17(23-13)20-16(9-7-14(2)24-20)15-8-10-18-22-11-19(21-3)25(18)12-15;1-9-3-5-11(14(15)18-9)10-4-6-12-17-7-13(16-2)19(12)8-10;1-10-8-4-11-7-3-2-6(9)5-12(7)8;1-6-4-3-5-7(2)8-6;1-4-2-3-5(7(10)11)6(8)9-4/h4-12H,1-2H3;3-8H,1H3;2-5H;3-5H,1-2H3;2-3,10-11H,1H3. The lowest BCUT2D eigenvalue weighted by atomic mass is 9.81. The van der Waals surface area contributed by atoms with Gasteiger partial charge in [-0.3, -0.25) is 15.0 Å². The van der Waals surface area contributed by atoms with E-state index in [2.05, 4.69) is 71.4 Å². The van der Waals surface area contributed by atoms with Crippen LogP contribution >= 0.6 is 39.1 Å². The molecular weight excluding hydrogens is 1050 g/mol. The Balaban J connectivity index is 0.000000145. The second kappa shape index (κ2) is 24.8. The van der Waals surface area contributed by atoms with Crippen LogP contribution in [0.25, 0.3) is 65.1 Å². The number of pyridine rings is 8. The Labute approximate surface area is 451 Å². The quantitative estimate of drug-likeness (QED) is 0.0982. The van der Waals surface area contributed by atoms with Crippen molar-refractivity contribution in [2.24, 2.45) is 0 Å². The lowest BCUT2D eigenvalue weighted by Gasteiger charge is -2.10. The zero-order chi connectivity index (χ0) is 53.8. The Kier molecular flexibility index (Phi) is 17.9. The Hall–Kier alpha value is -8.67. The summed E-state index contributed by atoms with van der Waals surface area (Å²) in [5, 5.41) is 18.1. The summed E-state index contributed by atoms with van der Waals surface area (Å²) in [5.41, 5.74) is 13.6. The number of rotatable bonds is 4. The van der Waals surface area contributed by atoms with Gasteiger partial charge in [-0.1, -0.05) is 67.2 Å². The normalized spacial score (nSPS) is 10.3.